The van der Waals surface area contributed by atoms with Crippen LogP contribution in [0.3, 0.4) is 0 Å². The highest BCUT2D eigenvalue weighted by atomic mass is 16.5. The van der Waals surface area contributed by atoms with Gasteiger partial charge in [0.05, 0.1) is 48.1 Å². The van der Waals surface area contributed by atoms with E-state index in [1.807, 2.05) is 0 Å². The molecule has 7 atom stereocenters. The molecular formula is C22H22O11. The van der Waals surface area contributed by atoms with E-state index < -0.39 is 94.4 Å². The quantitative estimate of drug-likeness (QED) is 0.319. The van der Waals surface area contributed by atoms with Gasteiger partial charge >= 0.3 is 5.97 Å². The molecule has 1 fully saturated rings. The lowest BCUT2D eigenvalue weighted by Crippen LogP contribution is -2.58. The summed E-state index contributed by atoms with van der Waals surface area (Å²) in [6.45, 7) is 2.87. The number of aliphatic carboxylic acids is 1. The lowest BCUT2D eigenvalue weighted by molar-refractivity contribution is -0.246. The van der Waals surface area contributed by atoms with Gasteiger partial charge in [0, 0.05) is 28.7 Å². The molecule has 176 valence electrons. The Labute approximate surface area is 186 Å². The lowest BCUT2D eigenvalue weighted by atomic mass is 9.66. The molecule has 2 bridgehead atoms. The van der Waals surface area contributed by atoms with Crippen LogP contribution in [0.2, 0.25) is 0 Å². The Morgan fingerprint density at radius 3 is 2.24 bits per heavy atom. The van der Waals surface area contributed by atoms with Crippen LogP contribution < -0.4 is 0 Å². The molecule has 11 nitrogen and oxygen atoms in total. The number of rotatable bonds is 2. The van der Waals surface area contributed by atoms with Crippen molar-refractivity contribution in [1.82, 2.24) is 0 Å². The first kappa shape index (κ1) is 22.0. The first-order valence-corrected chi connectivity index (χ1v) is 10.5. The number of carbonyl (C=O) groups is 3. The highest BCUT2D eigenvalue weighted by Crippen LogP contribution is 2.59. The molecular weight excluding hydrogens is 440 g/mol. The molecule has 3 heterocycles. The van der Waals surface area contributed by atoms with Crippen molar-refractivity contribution in [1.29, 1.82) is 0 Å². The minimum absolute atomic E-state index is 0.112. The maximum absolute atomic E-state index is 13.5. The van der Waals surface area contributed by atoms with Crippen molar-refractivity contribution in [3.8, 4) is 11.5 Å². The third kappa shape index (κ3) is 2.59. The summed E-state index contributed by atoms with van der Waals surface area (Å²) < 4.78 is 11.1. The molecule has 1 aromatic rings. The number of phenolic OH excluding ortho intramolecular Hbond substituents is 2. The summed E-state index contributed by atoms with van der Waals surface area (Å²) >= 11 is 0. The Morgan fingerprint density at radius 2 is 1.64 bits per heavy atom. The monoisotopic (exact) mass is 462 g/mol. The molecule has 11 heteroatoms. The van der Waals surface area contributed by atoms with Crippen LogP contribution in [-0.4, -0.2) is 78.7 Å². The number of hydrogen-bond donors (Lipinski definition) is 6. The minimum atomic E-state index is -2.14. The molecule has 0 saturated carbocycles. The topological polar surface area (TPSA) is 191 Å². The molecule has 0 amide bonds. The number of phenols is 2. The van der Waals surface area contributed by atoms with Crippen LogP contribution in [0.15, 0.2) is 11.1 Å². The summed E-state index contributed by atoms with van der Waals surface area (Å²) in [5.74, 6) is -4.63. The van der Waals surface area contributed by atoms with Gasteiger partial charge in [0.15, 0.2) is 11.6 Å². The Bertz CT molecular complexity index is 1150. The average Bonchev–Trinajstić information content (AvgIpc) is 2.72. The van der Waals surface area contributed by atoms with E-state index in [9.17, 15) is 39.9 Å². The summed E-state index contributed by atoms with van der Waals surface area (Å²) in [4.78, 5) is 38.1. The number of ketones is 2. The molecule has 3 aliphatic heterocycles. The van der Waals surface area contributed by atoms with Crippen LogP contribution in [0.4, 0.5) is 0 Å². The number of fused-ring (bicyclic) bond motifs is 3. The van der Waals surface area contributed by atoms with Crippen molar-refractivity contribution in [2.45, 2.75) is 68.9 Å². The Morgan fingerprint density at radius 1 is 1.03 bits per heavy atom. The van der Waals surface area contributed by atoms with Crippen LogP contribution in [0.25, 0.3) is 0 Å². The highest BCUT2D eigenvalue weighted by Gasteiger charge is 2.60. The number of Topliss-reactive ketones (excluding diaryl/α,β-unsaturated/α-hetero) is 2. The zero-order valence-electron chi connectivity index (χ0n) is 17.6. The van der Waals surface area contributed by atoms with E-state index in [2.05, 4.69) is 0 Å². The third-order valence-corrected chi connectivity index (χ3v) is 7.18. The normalized spacial score (nSPS) is 37.0. The third-order valence-electron chi connectivity index (χ3n) is 7.18. The van der Waals surface area contributed by atoms with Crippen molar-refractivity contribution in [2.24, 2.45) is 0 Å². The van der Waals surface area contributed by atoms with E-state index in [4.69, 9.17) is 14.6 Å². The Kier molecular flexibility index (Phi) is 4.56. The van der Waals surface area contributed by atoms with E-state index in [-0.39, 0.29) is 23.1 Å². The molecule has 1 aromatic carbocycles. The van der Waals surface area contributed by atoms with Gasteiger partial charge in [-0.15, -0.1) is 0 Å². The first-order chi connectivity index (χ1) is 15.4. The van der Waals surface area contributed by atoms with E-state index in [0.717, 1.165) is 0 Å². The van der Waals surface area contributed by atoms with Crippen molar-refractivity contribution in [3.63, 3.8) is 0 Å². The zero-order valence-corrected chi connectivity index (χ0v) is 17.6. The summed E-state index contributed by atoms with van der Waals surface area (Å²) in [5.41, 5.74) is -4.34. The maximum Gasteiger partial charge on any atom is 0.306 e. The number of carbonyl (C=O) groups excluding carboxylic acids is 2. The van der Waals surface area contributed by atoms with E-state index >= 15 is 0 Å². The smallest absolute Gasteiger partial charge is 0.306 e. The first-order valence-electron chi connectivity index (χ1n) is 10.5. The second-order valence-corrected chi connectivity index (χ2v) is 8.92. The molecule has 2 aliphatic carbocycles. The average molecular weight is 462 g/mol. The number of aliphatic hydroxyl groups is 3. The summed E-state index contributed by atoms with van der Waals surface area (Å²) in [7, 11) is 0. The van der Waals surface area contributed by atoms with Gasteiger partial charge < -0.3 is 40.1 Å². The molecule has 1 saturated heterocycles. The summed E-state index contributed by atoms with van der Waals surface area (Å²) in [6.07, 6.45) is -8.22. The van der Waals surface area contributed by atoms with Crippen LogP contribution in [0.5, 0.6) is 11.5 Å². The van der Waals surface area contributed by atoms with Gasteiger partial charge in [0.2, 0.25) is 0 Å². The van der Waals surface area contributed by atoms with Gasteiger partial charge in [-0.05, 0) is 13.8 Å². The molecule has 0 spiro atoms. The highest BCUT2D eigenvalue weighted by molar-refractivity contribution is 6.30. The van der Waals surface area contributed by atoms with Gasteiger partial charge in [-0.25, -0.2) is 0 Å². The summed E-state index contributed by atoms with van der Waals surface area (Å²) in [5, 5.41) is 63.7. The second-order valence-electron chi connectivity index (χ2n) is 8.92. The Hall–Kier alpha value is -2.83. The second kappa shape index (κ2) is 6.84. The fraction of sp³-hybridized carbons (Fsp3) is 0.500. The van der Waals surface area contributed by atoms with Gasteiger partial charge in [0.25, 0.3) is 0 Å². The number of aromatic hydroxyl groups is 2. The number of benzene rings is 1. The zero-order chi connectivity index (χ0) is 24.1. The summed E-state index contributed by atoms with van der Waals surface area (Å²) in [6, 6.07) is 0. The molecule has 0 radical (unpaired) electrons. The van der Waals surface area contributed by atoms with E-state index in [1.165, 1.54) is 13.8 Å². The standard InChI is InChI=1S/C22H22O11/c1-5-11-13(17(26)8(32-5)4-10(24)25)20(29)14-15(18(11)27)21(30)16-12(19(14)28)7-3-9(23)22(16,31)6(2)33-7/h5-9,17,23,26,28,30-31H,3-4H2,1-2H3,(H,24,25)/t5-,6-,7-,8-,9-,17+,22+/m0/s1. The van der Waals surface area contributed by atoms with Gasteiger partial charge in [0.1, 0.15) is 23.2 Å². The molecule has 6 rings (SSSR count). The number of ether oxygens (including phenoxy) is 2. The number of hydrogen-bond acceptors (Lipinski definition) is 10. The van der Waals surface area contributed by atoms with E-state index in [1.54, 1.807) is 0 Å². The van der Waals surface area contributed by atoms with E-state index in [0.29, 0.717) is 0 Å². The fourth-order valence-electron chi connectivity index (χ4n) is 5.65. The molecule has 0 aromatic heterocycles. The van der Waals surface area contributed by atoms with Crippen molar-refractivity contribution in [2.75, 3.05) is 0 Å². The van der Waals surface area contributed by atoms with Crippen LogP contribution in [0.1, 0.15) is 64.6 Å². The molecule has 6 N–H and O–H groups in total. The van der Waals surface area contributed by atoms with Crippen LogP contribution >= 0.6 is 0 Å². The SMILES string of the molecule is C[C@@H]1O[C@@H](CC(=O)O)[C@@H](O)C2=C1C(=O)c1c(O)c3c(c(O)c1C2=O)[C@@H]1C[C@H](O)[C@]3(O)[C@H](C)O1. The fourth-order valence-corrected chi connectivity index (χ4v) is 5.65. The Balaban J connectivity index is 1.76. The van der Waals surface area contributed by atoms with Gasteiger partial charge in [-0.2, -0.15) is 0 Å². The molecule has 33 heavy (non-hydrogen) atoms. The van der Waals surface area contributed by atoms with Crippen LogP contribution in [-0.2, 0) is 19.9 Å². The molecule has 5 aliphatic rings. The lowest BCUT2D eigenvalue weighted by Gasteiger charge is -2.52. The number of aliphatic hydroxyl groups excluding tert-OH is 2. The van der Waals surface area contributed by atoms with Gasteiger partial charge in [-0.1, -0.05) is 0 Å². The number of carboxylic acid groups (broad SMARTS) is 1. The largest absolute Gasteiger partial charge is 0.507 e. The van der Waals surface area contributed by atoms with Crippen molar-refractivity contribution in [3.05, 3.63) is 33.4 Å². The van der Waals surface area contributed by atoms with Gasteiger partial charge in [-0.3, -0.25) is 14.4 Å². The molecule has 0 unspecified atom stereocenters. The van der Waals surface area contributed by atoms with Crippen LogP contribution in [0, 0.1) is 0 Å². The number of carboxylic acids is 1. The van der Waals surface area contributed by atoms with Crippen molar-refractivity contribution < 1.29 is 54.5 Å². The maximum atomic E-state index is 13.5. The minimum Gasteiger partial charge on any atom is -0.507 e. The predicted octanol–water partition coefficient (Wildman–Crippen LogP) is -0.192. The predicted molar refractivity (Wildman–Crippen MR) is 106 cm³/mol. The van der Waals surface area contributed by atoms with Crippen molar-refractivity contribution >= 4 is 17.5 Å².